The minimum absolute atomic E-state index is 0.127. The third kappa shape index (κ3) is 4.35. The molecule has 2 aliphatic rings. The van der Waals surface area contributed by atoms with Crippen molar-refractivity contribution in [3.05, 3.63) is 29.6 Å². The van der Waals surface area contributed by atoms with E-state index in [1.807, 2.05) is 25.3 Å². The van der Waals surface area contributed by atoms with Gasteiger partial charge in [0.15, 0.2) is 0 Å². The maximum atomic E-state index is 12.4. The van der Waals surface area contributed by atoms with Gasteiger partial charge in [0, 0.05) is 24.0 Å². The molecule has 0 spiro atoms. The fraction of sp³-hybridized carbons (Fsp3) is 0.700. The van der Waals surface area contributed by atoms with Crippen LogP contribution in [0.25, 0.3) is 0 Å². The summed E-state index contributed by atoms with van der Waals surface area (Å²) in [5.41, 5.74) is 2.19. The largest absolute Gasteiger partial charge is 0.354 e. The second-order valence-electron chi connectivity index (χ2n) is 7.59. The Bertz CT molecular complexity index is 528. The Morgan fingerprint density at radius 2 is 1.83 bits per heavy atom. The summed E-state index contributed by atoms with van der Waals surface area (Å²) < 4.78 is 0. The molecule has 1 aliphatic heterocycles. The Hall–Kier alpha value is -1.42. The van der Waals surface area contributed by atoms with Crippen molar-refractivity contribution in [3.8, 4) is 0 Å². The number of nitrogens with one attached hydrogen (secondary N) is 1. The van der Waals surface area contributed by atoms with Crippen LogP contribution < -0.4 is 5.32 Å². The molecule has 1 amide bonds. The SMILES string of the molecule is Cc1ccc(CC(=O)NCC2(N3CCCCC3)CCCCC2)cn1. The first-order valence-corrected chi connectivity index (χ1v) is 9.61. The van der Waals surface area contributed by atoms with Crippen molar-refractivity contribution < 1.29 is 4.79 Å². The Labute approximate surface area is 146 Å². The van der Waals surface area contributed by atoms with Gasteiger partial charge >= 0.3 is 0 Å². The number of pyridine rings is 1. The normalized spacial score (nSPS) is 21.4. The van der Waals surface area contributed by atoms with Crippen LogP contribution in [0, 0.1) is 6.92 Å². The summed E-state index contributed by atoms with van der Waals surface area (Å²) in [6, 6.07) is 3.97. The number of nitrogens with zero attached hydrogens (tertiary/aromatic N) is 2. The molecule has 0 unspecified atom stereocenters. The molecule has 1 saturated carbocycles. The molecule has 2 heterocycles. The third-order valence-electron chi connectivity index (χ3n) is 5.76. The van der Waals surface area contributed by atoms with Gasteiger partial charge in [-0.1, -0.05) is 31.7 Å². The summed E-state index contributed by atoms with van der Waals surface area (Å²) in [5, 5.41) is 3.25. The van der Waals surface area contributed by atoms with Gasteiger partial charge in [0.05, 0.1) is 6.42 Å². The van der Waals surface area contributed by atoms with E-state index in [0.717, 1.165) is 17.8 Å². The zero-order valence-corrected chi connectivity index (χ0v) is 15.0. The van der Waals surface area contributed by atoms with Crippen molar-refractivity contribution in [1.82, 2.24) is 15.2 Å². The molecule has 1 aromatic rings. The molecule has 1 saturated heterocycles. The molecule has 1 aliphatic carbocycles. The average molecular weight is 329 g/mol. The van der Waals surface area contributed by atoms with E-state index in [9.17, 15) is 4.79 Å². The van der Waals surface area contributed by atoms with Crippen molar-refractivity contribution >= 4 is 5.91 Å². The molecular weight excluding hydrogens is 298 g/mol. The molecule has 3 rings (SSSR count). The molecule has 0 radical (unpaired) electrons. The maximum absolute atomic E-state index is 12.4. The van der Waals surface area contributed by atoms with Gasteiger partial charge < -0.3 is 5.32 Å². The van der Waals surface area contributed by atoms with Crippen molar-refractivity contribution in [2.45, 2.75) is 70.3 Å². The van der Waals surface area contributed by atoms with Gasteiger partial charge in [-0.05, 0) is 57.3 Å². The number of hydrogen-bond acceptors (Lipinski definition) is 3. The first kappa shape index (κ1) is 17.4. The highest BCUT2D eigenvalue weighted by Crippen LogP contribution is 2.35. The average Bonchev–Trinajstić information content (AvgIpc) is 2.63. The van der Waals surface area contributed by atoms with E-state index < -0.39 is 0 Å². The summed E-state index contributed by atoms with van der Waals surface area (Å²) in [5.74, 6) is 0.127. The van der Waals surface area contributed by atoms with E-state index in [-0.39, 0.29) is 11.4 Å². The van der Waals surface area contributed by atoms with Crippen LogP contribution in [-0.4, -0.2) is 41.0 Å². The monoisotopic (exact) mass is 329 g/mol. The Morgan fingerprint density at radius 1 is 1.12 bits per heavy atom. The molecule has 2 fully saturated rings. The van der Waals surface area contributed by atoms with Gasteiger partial charge in [0.1, 0.15) is 0 Å². The molecule has 4 nitrogen and oxygen atoms in total. The van der Waals surface area contributed by atoms with Crippen LogP contribution in [0.1, 0.15) is 62.6 Å². The predicted molar refractivity (Wildman–Crippen MR) is 96.9 cm³/mol. The van der Waals surface area contributed by atoms with E-state index >= 15 is 0 Å². The molecule has 1 N–H and O–H groups in total. The first-order valence-electron chi connectivity index (χ1n) is 9.61. The molecular formula is C20H31N3O. The number of piperidine rings is 1. The van der Waals surface area contributed by atoms with Crippen LogP contribution in [0.15, 0.2) is 18.3 Å². The predicted octanol–water partition coefficient (Wildman–Crippen LogP) is 3.24. The molecule has 0 bridgehead atoms. The highest BCUT2D eigenvalue weighted by atomic mass is 16.1. The summed E-state index contributed by atoms with van der Waals surface area (Å²) >= 11 is 0. The zero-order valence-electron chi connectivity index (χ0n) is 15.0. The highest BCUT2D eigenvalue weighted by Gasteiger charge is 2.38. The van der Waals surface area contributed by atoms with Crippen LogP contribution in [0.3, 0.4) is 0 Å². The lowest BCUT2D eigenvalue weighted by atomic mass is 9.79. The standard InChI is InChI=1S/C20H31N3O/c1-17-8-9-18(15-21-17)14-19(24)22-16-20(10-4-2-5-11-20)23-12-6-3-7-13-23/h8-9,15H,2-7,10-14,16H2,1H3,(H,22,24). The number of amides is 1. The van der Waals surface area contributed by atoms with E-state index in [2.05, 4.69) is 15.2 Å². The topological polar surface area (TPSA) is 45.2 Å². The minimum atomic E-state index is 0.127. The summed E-state index contributed by atoms with van der Waals surface area (Å²) in [6.45, 7) is 5.19. The summed E-state index contributed by atoms with van der Waals surface area (Å²) in [4.78, 5) is 19.4. The van der Waals surface area contributed by atoms with Crippen LogP contribution in [-0.2, 0) is 11.2 Å². The fourth-order valence-corrected chi connectivity index (χ4v) is 4.30. The lowest BCUT2D eigenvalue weighted by molar-refractivity contribution is -0.121. The van der Waals surface area contributed by atoms with Crippen molar-refractivity contribution in [1.29, 1.82) is 0 Å². The third-order valence-corrected chi connectivity index (χ3v) is 5.76. The zero-order chi connectivity index (χ0) is 16.8. The smallest absolute Gasteiger partial charge is 0.224 e. The summed E-state index contributed by atoms with van der Waals surface area (Å²) in [6.07, 6.45) is 12.6. The van der Waals surface area contributed by atoms with E-state index in [0.29, 0.717) is 6.42 Å². The number of aromatic nitrogens is 1. The highest BCUT2D eigenvalue weighted by molar-refractivity contribution is 5.78. The lowest BCUT2D eigenvalue weighted by Gasteiger charge is -2.48. The molecule has 0 aromatic carbocycles. The Kier molecular flexibility index (Phi) is 5.88. The summed E-state index contributed by atoms with van der Waals surface area (Å²) in [7, 11) is 0. The van der Waals surface area contributed by atoms with Gasteiger partial charge in [-0.15, -0.1) is 0 Å². The van der Waals surface area contributed by atoms with Gasteiger partial charge in [0.2, 0.25) is 5.91 Å². The molecule has 0 atom stereocenters. The van der Waals surface area contributed by atoms with Crippen molar-refractivity contribution in [2.24, 2.45) is 0 Å². The Balaban J connectivity index is 1.58. The van der Waals surface area contributed by atoms with E-state index in [1.165, 1.54) is 64.5 Å². The number of carbonyl (C=O) groups excluding carboxylic acids is 1. The number of carbonyl (C=O) groups is 1. The van der Waals surface area contributed by atoms with E-state index in [4.69, 9.17) is 0 Å². The van der Waals surface area contributed by atoms with Crippen LogP contribution in [0.2, 0.25) is 0 Å². The molecule has 132 valence electrons. The first-order chi connectivity index (χ1) is 11.7. The quantitative estimate of drug-likeness (QED) is 0.902. The van der Waals surface area contributed by atoms with Crippen molar-refractivity contribution in [3.63, 3.8) is 0 Å². The van der Waals surface area contributed by atoms with Gasteiger partial charge in [-0.25, -0.2) is 0 Å². The van der Waals surface area contributed by atoms with E-state index in [1.54, 1.807) is 0 Å². The minimum Gasteiger partial charge on any atom is -0.354 e. The fourth-order valence-electron chi connectivity index (χ4n) is 4.30. The number of aryl methyl sites for hydroxylation is 1. The van der Waals surface area contributed by atoms with Crippen LogP contribution in [0.5, 0.6) is 0 Å². The van der Waals surface area contributed by atoms with Gasteiger partial charge in [-0.2, -0.15) is 0 Å². The second kappa shape index (κ2) is 8.11. The molecule has 1 aromatic heterocycles. The lowest BCUT2D eigenvalue weighted by Crippen LogP contribution is -2.58. The van der Waals surface area contributed by atoms with Gasteiger partial charge in [0.25, 0.3) is 0 Å². The number of rotatable bonds is 5. The molecule has 4 heteroatoms. The number of likely N-dealkylation sites (tertiary alicyclic amines) is 1. The Morgan fingerprint density at radius 3 is 2.50 bits per heavy atom. The number of hydrogen-bond donors (Lipinski definition) is 1. The van der Waals surface area contributed by atoms with Gasteiger partial charge in [-0.3, -0.25) is 14.7 Å². The van der Waals surface area contributed by atoms with Crippen LogP contribution >= 0.6 is 0 Å². The van der Waals surface area contributed by atoms with Crippen molar-refractivity contribution in [2.75, 3.05) is 19.6 Å². The second-order valence-corrected chi connectivity index (χ2v) is 7.59. The maximum Gasteiger partial charge on any atom is 0.224 e. The van der Waals surface area contributed by atoms with Crippen LogP contribution in [0.4, 0.5) is 0 Å². The molecule has 24 heavy (non-hydrogen) atoms.